The number of hydrogen-bond donors (Lipinski definition) is 0. The van der Waals surface area contributed by atoms with Crippen molar-refractivity contribution in [2.75, 3.05) is 0 Å². The Labute approximate surface area is 132 Å². The molecule has 0 saturated heterocycles. The van der Waals surface area contributed by atoms with Crippen molar-refractivity contribution in [2.24, 2.45) is 0 Å². The van der Waals surface area contributed by atoms with Crippen molar-refractivity contribution in [2.45, 2.75) is 13.1 Å². The summed E-state index contributed by atoms with van der Waals surface area (Å²) < 4.78 is 37.6. The minimum absolute atomic E-state index is 0.339. The maximum Gasteiger partial charge on any atom is 0.426 e. The smallest absolute Gasteiger partial charge is 0.165 e. The van der Waals surface area contributed by atoms with Gasteiger partial charge in [-0.1, -0.05) is 59.8 Å². The lowest BCUT2D eigenvalue weighted by atomic mass is 10.1. The molecule has 0 spiro atoms. The van der Waals surface area contributed by atoms with Gasteiger partial charge in [0.2, 0.25) is 0 Å². The maximum atomic E-state index is 12.5. The van der Waals surface area contributed by atoms with Crippen LogP contribution < -0.4 is 0 Å². The molecule has 0 aromatic heterocycles. The van der Waals surface area contributed by atoms with Crippen molar-refractivity contribution in [3.8, 4) is 11.8 Å². The molecule has 2 aromatic rings. The molecule has 0 aliphatic heterocycles. The van der Waals surface area contributed by atoms with E-state index in [-0.39, 0.29) is 0 Å². The highest BCUT2D eigenvalue weighted by Gasteiger charge is 2.32. The van der Waals surface area contributed by atoms with E-state index in [1.807, 2.05) is 31.2 Å². The molecule has 22 heavy (non-hydrogen) atoms. The first-order chi connectivity index (χ1) is 10.4. The predicted molar refractivity (Wildman–Crippen MR) is 83.5 cm³/mol. The molecule has 0 radical (unpaired) electrons. The van der Waals surface area contributed by atoms with E-state index in [4.69, 9.17) is 11.6 Å². The van der Waals surface area contributed by atoms with Gasteiger partial charge in [-0.05, 0) is 36.3 Å². The highest BCUT2D eigenvalue weighted by molar-refractivity contribution is 6.32. The molecule has 0 nitrogen and oxygen atoms in total. The Morgan fingerprint density at radius 3 is 2.14 bits per heavy atom. The molecule has 0 unspecified atom stereocenters. The van der Waals surface area contributed by atoms with Gasteiger partial charge in [0.15, 0.2) is 0 Å². The van der Waals surface area contributed by atoms with Crippen LogP contribution in [-0.4, -0.2) is 6.18 Å². The van der Waals surface area contributed by atoms with Crippen molar-refractivity contribution in [3.05, 3.63) is 75.8 Å². The van der Waals surface area contributed by atoms with Crippen LogP contribution in [0.25, 0.3) is 6.08 Å². The third-order valence-electron chi connectivity index (χ3n) is 2.99. The highest BCUT2D eigenvalue weighted by atomic mass is 35.5. The number of allylic oxidation sites excluding steroid dienone is 1. The second-order valence-electron chi connectivity index (χ2n) is 4.64. The van der Waals surface area contributed by atoms with Gasteiger partial charge in [0.25, 0.3) is 0 Å². The lowest BCUT2D eigenvalue weighted by Gasteiger charge is -2.05. The SMILES string of the molecule is Cc1ccccc1C#Cc1ccccc1/C=C(\Cl)C(F)(F)F. The molecule has 0 fully saturated rings. The molecule has 0 heterocycles. The summed E-state index contributed by atoms with van der Waals surface area (Å²) in [5, 5.41) is -1.17. The zero-order valence-electron chi connectivity index (χ0n) is 11.7. The van der Waals surface area contributed by atoms with Crippen LogP contribution in [0.5, 0.6) is 0 Å². The molecule has 2 aromatic carbocycles. The van der Waals surface area contributed by atoms with E-state index in [0.717, 1.165) is 17.2 Å². The van der Waals surface area contributed by atoms with Gasteiger partial charge >= 0.3 is 6.18 Å². The van der Waals surface area contributed by atoms with Crippen LogP contribution in [0.4, 0.5) is 13.2 Å². The lowest BCUT2D eigenvalue weighted by molar-refractivity contribution is -0.0836. The van der Waals surface area contributed by atoms with E-state index in [1.165, 1.54) is 0 Å². The van der Waals surface area contributed by atoms with Crippen molar-refractivity contribution in [1.82, 2.24) is 0 Å². The van der Waals surface area contributed by atoms with E-state index in [9.17, 15) is 13.2 Å². The zero-order chi connectivity index (χ0) is 16.2. The Morgan fingerprint density at radius 2 is 1.50 bits per heavy atom. The summed E-state index contributed by atoms with van der Waals surface area (Å²) in [5.41, 5.74) is 2.68. The molecule has 0 aliphatic carbocycles. The average Bonchev–Trinajstić information content (AvgIpc) is 2.47. The van der Waals surface area contributed by atoms with Crippen molar-refractivity contribution < 1.29 is 13.2 Å². The van der Waals surface area contributed by atoms with Crippen molar-refractivity contribution in [3.63, 3.8) is 0 Å². The van der Waals surface area contributed by atoms with Crippen LogP contribution in [0.3, 0.4) is 0 Å². The fourth-order valence-corrected chi connectivity index (χ4v) is 1.92. The van der Waals surface area contributed by atoms with E-state index < -0.39 is 11.2 Å². The van der Waals surface area contributed by atoms with Crippen molar-refractivity contribution in [1.29, 1.82) is 0 Å². The van der Waals surface area contributed by atoms with Crippen LogP contribution in [-0.2, 0) is 0 Å². The molecule has 112 valence electrons. The summed E-state index contributed by atoms with van der Waals surface area (Å²) in [4.78, 5) is 0. The van der Waals surface area contributed by atoms with Crippen LogP contribution in [0.1, 0.15) is 22.3 Å². The van der Waals surface area contributed by atoms with Gasteiger partial charge in [0.1, 0.15) is 5.03 Å². The summed E-state index contributed by atoms with van der Waals surface area (Å²) in [7, 11) is 0. The summed E-state index contributed by atoms with van der Waals surface area (Å²) in [6.07, 6.45) is -3.67. The first-order valence-electron chi connectivity index (χ1n) is 6.49. The maximum absolute atomic E-state index is 12.5. The fourth-order valence-electron chi connectivity index (χ4n) is 1.80. The summed E-state index contributed by atoms with van der Waals surface area (Å²) in [6, 6.07) is 14.1. The monoisotopic (exact) mass is 320 g/mol. The summed E-state index contributed by atoms with van der Waals surface area (Å²) in [5.74, 6) is 5.88. The Hall–Kier alpha value is -2.18. The van der Waals surface area contributed by atoms with E-state index in [2.05, 4.69) is 11.8 Å². The van der Waals surface area contributed by atoms with Gasteiger partial charge in [0.05, 0.1) is 0 Å². The largest absolute Gasteiger partial charge is 0.426 e. The quantitative estimate of drug-likeness (QED) is 0.605. The predicted octanol–water partition coefficient (Wildman–Crippen LogP) is 5.54. The molecule has 4 heteroatoms. The first-order valence-corrected chi connectivity index (χ1v) is 6.87. The second kappa shape index (κ2) is 6.72. The van der Waals surface area contributed by atoms with Gasteiger partial charge in [0, 0.05) is 11.1 Å². The van der Waals surface area contributed by atoms with Crippen LogP contribution in [0.2, 0.25) is 0 Å². The third-order valence-corrected chi connectivity index (χ3v) is 3.31. The fraction of sp³-hybridized carbons (Fsp3) is 0.111. The molecular formula is C18H12ClF3. The number of halogens is 4. The first kappa shape index (κ1) is 16.2. The van der Waals surface area contributed by atoms with Crippen molar-refractivity contribution >= 4 is 17.7 Å². The molecular weight excluding hydrogens is 309 g/mol. The summed E-state index contributed by atoms with van der Waals surface area (Å²) in [6.45, 7) is 1.93. The van der Waals surface area contributed by atoms with E-state index in [0.29, 0.717) is 11.1 Å². The van der Waals surface area contributed by atoms with Gasteiger partial charge in [-0.25, -0.2) is 0 Å². The highest BCUT2D eigenvalue weighted by Crippen LogP contribution is 2.30. The molecule has 0 atom stereocenters. The minimum atomic E-state index is -4.56. The van der Waals surface area contributed by atoms with Gasteiger partial charge in [-0.3, -0.25) is 0 Å². The summed E-state index contributed by atoms with van der Waals surface area (Å²) >= 11 is 5.29. The Kier molecular flexibility index (Phi) is 4.95. The van der Waals surface area contributed by atoms with Gasteiger partial charge in [-0.15, -0.1) is 0 Å². The number of aryl methyl sites for hydroxylation is 1. The number of hydrogen-bond acceptors (Lipinski definition) is 0. The third kappa shape index (κ3) is 4.16. The van der Waals surface area contributed by atoms with Crippen LogP contribution >= 0.6 is 11.6 Å². The number of rotatable bonds is 1. The molecule has 2 rings (SSSR count). The van der Waals surface area contributed by atoms with E-state index >= 15 is 0 Å². The minimum Gasteiger partial charge on any atom is -0.165 e. The normalized spacial score (nSPS) is 11.8. The van der Waals surface area contributed by atoms with Gasteiger partial charge in [-0.2, -0.15) is 13.2 Å². The Balaban J connectivity index is 2.41. The lowest BCUT2D eigenvalue weighted by Crippen LogP contribution is -2.06. The van der Waals surface area contributed by atoms with Crippen LogP contribution in [0.15, 0.2) is 53.6 Å². The number of alkyl halides is 3. The zero-order valence-corrected chi connectivity index (χ0v) is 12.5. The Bertz CT molecular complexity index is 762. The van der Waals surface area contributed by atoms with Crippen LogP contribution in [0, 0.1) is 18.8 Å². The number of benzene rings is 2. The molecule has 0 N–H and O–H groups in total. The van der Waals surface area contributed by atoms with E-state index in [1.54, 1.807) is 24.3 Å². The standard InChI is InChI=1S/C18H12ClF3/c1-13-6-2-3-7-14(13)10-11-15-8-4-5-9-16(15)12-17(19)18(20,21)22/h2-9,12H,1H3/b17-12-. The topological polar surface area (TPSA) is 0 Å². The van der Waals surface area contributed by atoms with Gasteiger partial charge < -0.3 is 0 Å². The molecule has 0 amide bonds. The molecule has 0 bridgehead atoms. The average molecular weight is 321 g/mol. The molecule has 0 aliphatic rings. The Morgan fingerprint density at radius 1 is 0.955 bits per heavy atom. The molecule has 0 saturated carbocycles. The second-order valence-corrected chi connectivity index (χ2v) is 5.05.